The van der Waals surface area contributed by atoms with E-state index < -0.39 is 0 Å². The monoisotopic (exact) mass is 303 g/mol. The first-order valence-corrected chi connectivity index (χ1v) is 8.24. The second kappa shape index (κ2) is 7.61. The van der Waals surface area contributed by atoms with Gasteiger partial charge in [0.1, 0.15) is 6.10 Å². The van der Waals surface area contributed by atoms with Crippen LogP contribution >= 0.6 is 0 Å². The fraction of sp³-hybridized carbons (Fsp3) is 0.588. The van der Waals surface area contributed by atoms with Crippen molar-refractivity contribution in [2.24, 2.45) is 0 Å². The fourth-order valence-corrected chi connectivity index (χ4v) is 3.09. The minimum absolute atomic E-state index is 0.0782. The summed E-state index contributed by atoms with van der Waals surface area (Å²) >= 11 is 0. The Morgan fingerprint density at radius 1 is 1.09 bits per heavy atom. The molecule has 0 bridgehead atoms. The standard InChI is InChI=1S/C17H25N3O2/c21-17(20-12-8-18-9-13-20)22-16-6-10-19(11-7-16)14-15-4-2-1-3-5-15/h1-5,16,18H,6-14H2. The Kier molecular flexibility index (Phi) is 5.29. The number of ether oxygens (including phenoxy) is 1. The van der Waals surface area contributed by atoms with Gasteiger partial charge in [-0.1, -0.05) is 30.3 Å². The minimum atomic E-state index is -0.136. The van der Waals surface area contributed by atoms with Gasteiger partial charge in [-0.05, 0) is 18.4 Å². The van der Waals surface area contributed by atoms with Gasteiger partial charge in [-0.25, -0.2) is 4.79 Å². The number of nitrogens with one attached hydrogen (secondary N) is 1. The van der Waals surface area contributed by atoms with Crippen LogP contribution in [0.15, 0.2) is 30.3 Å². The molecular weight excluding hydrogens is 278 g/mol. The predicted octanol–water partition coefficient (Wildman–Crippen LogP) is 1.69. The number of amides is 1. The van der Waals surface area contributed by atoms with Gasteiger partial charge in [0.25, 0.3) is 0 Å². The average Bonchev–Trinajstić information content (AvgIpc) is 2.58. The number of carbonyl (C=O) groups is 1. The lowest BCUT2D eigenvalue weighted by Gasteiger charge is -2.33. The summed E-state index contributed by atoms with van der Waals surface area (Å²) in [6.07, 6.45) is 1.81. The lowest BCUT2D eigenvalue weighted by molar-refractivity contribution is 0.0251. The molecule has 5 heteroatoms. The summed E-state index contributed by atoms with van der Waals surface area (Å²) in [4.78, 5) is 16.3. The molecule has 1 aromatic rings. The minimum Gasteiger partial charge on any atom is -0.446 e. The van der Waals surface area contributed by atoms with E-state index >= 15 is 0 Å². The Morgan fingerprint density at radius 2 is 1.77 bits per heavy atom. The smallest absolute Gasteiger partial charge is 0.410 e. The molecule has 120 valence electrons. The predicted molar refractivity (Wildman–Crippen MR) is 85.7 cm³/mol. The number of likely N-dealkylation sites (tertiary alicyclic amines) is 1. The van der Waals surface area contributed by atoms with Crippen LogP contribution in [-0.2, 0) is 11.3 Å². The number of piperazine rings is 1. The van der Waals surface area contributed by atoms with Gasteiger partial charge < -0.3 is 15.0 Å². The molecule has 0 atom stereocenters. The maximum Gasteiger partial charge on any atom is 0.410 e. The summed E-state index contributed by atoms with van der Waals surface area (Å²) < 4.78 is 5.66. The second-order valence-electron chi connectivity index (χ2n) is 6.08. The van der Waals surface area contributed by atoms with Crippen molar-refractivity contribution in [1.29, 1.82) is 0 Å². The van der Waals surface area contributed by atoms with Gasteiger partial charge in [-0.2, -0.15) is 0 Å². The van der Waals surface area contributed by atoms with Crippen LogP contribution < -0.4 is 5.32 Å². The van der Waals surface area contributed by atoms with Crippen LogP contribution in [0, 0.1) is 0 Å². The molecule has 2 fully saturated rings. The topological polar surface area (TPSA) is 44.8 Å². The van der Waals surface area contributed by atoms with E-state index in [1.165, 1.54) is 5.56 Å². The Bertz CT molecular complexity index is 466. The zero-order valence-corrected chi connectivity index (χ0v) is 13.0. The molecule has 0 aliphatic carbocycles. The molecule has 2 aliphatic heterocycles. The van der Waals surface area contributed by atoms with Crippen LogP contribution in [0.3, 0.4) is 0 Å². The molecule has 3 rings (SSSR count). The molecule has 2 heterocycles. The molecular formula is C17H25N3O2. The average molecular weight is 303 g/mol. The van der Waals surface area contributed by atoms with Crippen LogP contribution in [-0.4, -0.2) is 61.3 Å². The summed E-state index contributed by atoms with van der Waals surface area (Å²) in [7, 11) is 0. The highest BCUT2D eigenvalue weighted by molar-refractivity contribution is 5.68. The lowest BCUT2D eigenvalue weighted by atomic mass is 10.1. The van der Waals surface area contributed by atoms with Gasteiger partial charge in [-0.15, -0.1) is 0 Å². The molecule has 1 aromatic carbocycles. The third-order valence-corrected chi connectivity index (χ3v) is 4.43. The van der Waals surface area contributed by atoms with Crippen molar-refractivity contribution < 1.29 is 9.53 Å². The highest BCUT2D eigenvalue weighted by Gasteiger charge is 2.25. The SMILES string of the molecule is O=C(OC1CCN(Cc2ccccc2)CC1)N1CCNCC1. The van der Waals surface area contributed by atoms with Crippen molar-refractivity contribution in [2.75, 3.05) is 39.3 Å². The molecule has 2 saturated heterocycles. The van der Waals surface area contributed by atoms with Crippen molar-refractivity contribution in [3.63, 3.8) is 0 Å². The van der Waals surface area contributed by atoms with Crippen LogP contribution in [0.4, 0.5) is 4.79 Å². The molecule has 5 nitrogen and oxygen atoms in total. The van der Waals surface area contributed by atoms with Crippen LogP contribution in [0.25, 0.3) is 0 Å². The van der Waals surface area contributed by atoms with Crippen molar-refractivity contribution >= 4 is 6.09 Å². The Hall–Kier alpha value is -1.59. The largest absolute Gasteiger partial charge is 0.446 e. The summed E-state index contributed by atoms with van der Waals surface area (Å²) in [6.45, 7) is 6.22. The molecule has 2 aliphatic rings. The zero-order chi connectivity index (χ0) is 15.2. The number of rotatable bonds is 3. The third kappa shape index (κ3) is 4.21. The zero-order valence-electron chi connectivity index (χ0n) is 13.0. The third-order valence-electron chi connectivity index (χ3n) is 4.43. The van der Waals surface area contributed by atoms with E-state index in [1.54, 1.807) is 0 Å². The lowest BCUT2D eigenvalue weighted by Crippen LogP contribution is -2.48. The van der Waals surface area contributed by atoms with Gasteiger partial charge in [0.2, 0.25) is 0 Å². The first-order chi connectivity index (χ1) is 10.8. The summed E-state index contributed by atoms with van der Waals surface area (Å²) in [5.41, 5.74) is 1.35. The molecule has 0 radical (unpaired) electrons. The molecule has 1 amide bonds. The number of hydrogen-bond donors (Lipinski definition) is 1. The van der Waals surface area contributed by atoms with Gasteiger partial charge in [-0.3, -0.25) is 4.90 Å². The van der Waals surface area contributed by atoms with Crippen LogP contribution in [0.5, 0.6) is 0 Å². The Balaban J connectivity index is 1.40. The van der Waals surface area contributed by atoms with Crippen molar-refractivity contribution in [3.05, 3.63) is 35.9 Å². The van der Waals surface area contributed by atoms with E-state index in [2.05, 4.69) is 34.5 Å². The quantitative estimate of drug-likeness (QED) is 0.923. The van der Waals surface area contributed by atoms with Crippen LogP contribution in [0.1, 0.15) is 18.4 Å². The van der Waals surface area contributed by atoms with E-state index in [0.29, 0.717) is 0 Å². The van der Waals surface area contributed by atoms with Crippen molar-refractivity contribution in [3.8, 4) is 0 Å². The first-order valence-electron chi connectivity index (χ1n) is 8.24. The summed E-state index contributed by atoms with van der Waals surface area (Å²) in [5, 5.41) is 3.25. The highest BCUT2D eigenvalue weighted by Crippen LogP contribution is 2.17. The number of benzene rings is 1. The maximum atomic E-state index is 12.1. The highest BCUT2D eigenvalue weighted by atomic mass is 16.6. The molecule has 0 aromatic heterocycles. The van der Waals surface area contributed by atoms with Gasteiger partial charge >= 0.3 is 6.09 Å². The van der Waals surface area contributed by atoms with Gasteiger partial charge in [0.15, 0.2) is 0 Å². The van der Waals surface area contributed by atoms with E-state index in [4.69, 9.17) is 4.74 Å². The maximum absolute atomic E-state index is 12.1. The van der Waals surface area contributed by atoms with Crippen LogP contribution in [0.2, 0.25) is 0 Å². The molecule has 1 N–H and O–H groups in total. The summed E-state index contributed by atoms with van der Waals surface area (Å²) in [6, 6.07) is 10.5. The van der Waals surface area contributed by atoms with E-state index in [-0.39, 0.29) is 12.2 Å². The molecule has 0 spiro atoms. The van der Waals surface area contributed by atoms with E-state index in [9.17, 15) is 4.79 Å². The van der Waals surface area contributed by atoms with E-state index in [0.717, 1.165) is 58.7 Å². The number of piperidine rings is 1. The second-order valence-corrected chi connectivity index (χ2v) is 6.08. The normalized spacial score (nSPS) is 20.8. The number of nitrogens with zero attached hydrogens (tertiary/aromatic N) is 2. The molecule has 22 heavy (non-hydrogen) atoms. The first kappa shape index (κ1) is 15.3. The van der Waals surface area contributed by atoms with Crippen molar-refractivity contribution in [1.82, 2.24) is 15.1 Å². The molecule has 0 saturated carbocycles. The Labute approximate surface area is 132 Å². The molecule has 0 unspecified atom stereocenters. The fourth-order valence-electron chi connectivity index (χ4n) is 3.09. The summed E-state index contributed by atoms with van der Waals surface area (Å²) in [5.74, 6) is 0. The number of carbonyl (C=O) groups excluding carboxylic acids is 1. The number of hydrogen-bond acceptors (Lipinski definition) is 4. The Morgan fingerprint density at radius 3 is 2.45 bits per heavy atom. The van der Waals surface area contributed by atoms with Gasteiger partial charge in [0.05, 0.1) is 0 Å². The van der Waals surface area contributed by atoms with Crippen molar-refractivity contribution in [2.45, 2.75) is 25.5 Å². The van der Waals surface area contributed by atoms with Gasteiger partial charge in [0, 0.05) is 45.8 Å². The van der Waals surface area contributed by atoms with E-state index in [1.807, 2.05) is 11.0 Å².